The normalized spacial score (nSPS) is 12.0. The second-order valence-corrected chi connectivity index (χ2v) is 15.0. The summed E-state index contributed by atoms with van der Waals surface area (Å²) < 4.78 is 21.8. The molecule has 0 rings (SSSR count). The molecule has 41 heavy (non-hydrogen) atoms. The van der Waals surface area contributed by atoms with E-state index in [1.807, 2.05) is 0 Å². The Morgan fingerprint density at radius 2 is 0.634 bits per heavy atom. The molecule has 0 unspecified atom stereocenters. The number of rotatable bonds is 24. The number of carbonyl (C=O) groups is 4. The van der Waals surface area contributed by atoms with Crippen LogP contribution in [0, 0.1) is 0 Å². The van der Waals surface area contributed by atoms with Crippen LogP contribution in [-0.4, -0.2) is 43.9 Å². The van der Waals surface area contributed by atoms with Crippen molar-refractivity contribution in [3.05, 3.63) is 48.6 Å². The second kappa shape index (κ2) is 26.5. The van der Waals surface area contributed by atoms with E-state index in [2.05, 4.69) is 27.7 Å². The van der Waals surface area contributed by atoms with Crippen molar-refractivity contribution in [1.82, 2.24) is 0 Å². The maximum atomic E-state index is 12.7. The van der Waals surface area contributed by atoms with E-state index in [1.165, 1.54) is 24.3 Å². The summed E-state index contributed by atoms with van der Waals surface area (Å²) in [6, 6.07) is 0. The predicted molar refractivity (Wildman–Crippen MR) is 163 cm³/mol. The topological polar surface area (TPSA) is 105 Å². The van der Waals surface area contributed by atoms with E-state index in [0.717, 1.165) is 77.0 Å². The molecule has 0 saturated carbocycles. The molecule has 8 nitrogen and oxygen atoms in total. The minimum atomic E-state index is -5.93. The van der Waals surface area contributed by atoms with Crippen LogP contribution < -0.4 is 0 Å². The van der Waals surface area contributed by atoms with Gasteiger partial charge in [0.2, 0.25) is 0 Å². The van der Waals surface area contributed by atoms with E-state index in [9.17, 15) is 19.2 Å². The summed E-state index contributed by atoms with van der Waals surface area (Å²) in [5, 5.41) is 0. The van der Waals surface area contributed by atoms with Gasteiger partial charge in [0.15, 0.2) is 0 Å². The first-order valence-electron chi connectivity index (χ1n) is 15.4. The van der Waals surface area contributed by atoms with Gasteiger partial charge in [-0.3, -0.25) is 0 Å². The van der Waals surface area contributed by atoms with Crippen LogP contribution in [0.5, 0.6) is 0 Å². The molecule has 0 fully saturated rings. The molecule has 0 heterocycles. The average molecular weight is 683 g/mol. The van der Waals surface area contributed by atoms with Crippen LogP contribution in [0.2, 0.25) is 0 Å². The zero-order valence-electron chi connectivity index (χ0n) is 25.7. The number of hydrogen-bond donors (Lipinski definition) is 0. The van der Waals surface area contributed by atoms with Gasteiger partial charge in [-0.05, 0) is 0 Å². The summed E-state index contributed by atoms with van der Waals surface area (Å²) in [6.45, 7) is 8.30. The molecule has 0 aromatic carbocycles. The Morgan fingerprint density at radius 3 is 0.829 bits per heavy atom. The number of hydrogen-bond acceptors (Lipinski definition) is 8. The Morgan fingerprint density at radius 1 is 0.415 bits per heavy atom. The van der Waals surface area contributed by atoms with Crippen LogP contribution in [0.1, 0.15) is 130 Å². The molecule has 0 aliphatic rings. The van der Waals surface area contributed by atoms with Crippen molar-refractivity contribution >= 4 is 43.9 Å². The Bertz CT molecular complexity index is 718. The zero-order valence-corrected chi connectivity index (χ0v) is 28.6. The van der Waals surface area contributed by atoms with Gasteiger partial charge in [-0.1, -0.05) is 0 Å². The van der Waals surface area contributed by atoms with Gasteiger partial charge in [-0.2, -0.15) is 0 Å². The maximum absolute atomic E-state index is 12.7. The Kier molecular flexibility index (Phi) is 25.0. The van der Waals surface area contributed by atoms with Crippen molar-refractivity contribution in [2.45, 2.75) is 130 Å². The predicted octanol–water partition coefficient (Wildman–Crippen LogP) is 8.14. The van der Waals surface area contributed by atoms with Gasteiger partial charge in [0.1, 0.15) is 0 Å². The molecular weight excluding hydrogens is 631 g/mol. The standard InChI is InChI=1S/4C8H14O2.Sn/c4*1-2-3-4-5-6-7-8(9)10;/h4*6-7H,2-5H2,1H3,(H,9,10);/q;;;;+4/p-4/b4*7-6+;. The first kappa shape index (κ1) is 38.6. The van der Waals surface area contributed by atoms with E-state index in [4.69, 9.17) is 12.3 Å². The molecule has 0 bridgehead atoms. The third-order valence-electron chi connectivity index (χ3n) is 5.82. The average Bonchev–Trinajstić information content (AvgIpc) is 2.92. The van der Waals surface area contributed by atoms with Gasteiger partial charge in [0, 0.05) is 0 Å². The molecule has 0 N–H and O–H groups in total. The molecule has 0 atom stereocenters. The monoisotopic (exact) mass is 684 g/mol. The molecule has 0 aliphatic carbocycles. The molecule has 0 aliphatic heterocycles. The van der Waals surface area contributed by atoms with Crippen LogP contribution >= 0.6 is 0 Å². The summed E-state index contributed by atoms with van der Waals surface area (Å²) in [5.41, 5.74) is 0. The molecule has 0 radical (unpaired) electrons. The van der Waals surface area contributed by atoms with Gasteiger partial charge in [0.05, 0.1) is 0 Å². The van der Waals surface area contributed by atoms with E-state index in [0.29, 0.717) is 25.7 Å². The summed E-state index contributed by atoms with van der Waals surface area (Å²) in [5.74, 6) is -3.62. The van der Waals surface area contributed by atoms with Crippen LogP contribution in [0.25, 0.3) is 0 Å². The molecule has 0 amide bonds. The van der Waals surface area contributed by atoms with Crippen molar-refractivity contribution < 1.29 is 31.5 Å². The van der Waals surface area contributed by atoms with E-state index < -0.39 is 43.9 Å². The van der Waals surface area contributed by atoms with Gasteiger partial charge < -0.3 is 0 Å². The van der Waals surface area contributed by atoms with E-state index in [-0.39, 0.29) is 0 Å². The number of allylic oxidation sites excluding steroid dienone is 4. The molecular formula is C32H52O8Sn. The quantitative estimate of drug-likeness (QED) is 0.0571. The third kappa shape index (κ3) is 23.0. The van der Waals surface area contributed by atoms with Crippen LogP contribution in [0.3, 0.4) is 0 Å². The SMILES string of the molecule is CCCCC/C=C/C(=O)[O][Sn]([O]C(=O)/C=C/CCCCC)([O]C(=O)/C=C/CCCCC)[O]C(=O)/C=C/CCCCC. The fourth-order valence-corrected chi connectivity index (χ4v) is 7.82. The van der Waals surface area contributed by atoms with Crippen molar-refractivity contribution in [3.63, 3.8) is 0 Å². The molecule has 0 saturated heterocycles. The van der Waals surface area contributed by atoms with Gasteiger partial charge in [-0.25, -0.2) is 0 Å². The van der Waals surface area contributed by atoms with Gasteiger partial charge in [-0.15, -0.1) is 0 Å². The summed E-state index contributed by atoms with van der Waals surface area (Å²) in [6.07, 6.45) is 25.6. The van der Waals surface area contributed by atoms with Crippen LogP contribution in [0.4, 0.5) is 0 Å². The first-order valence-corrected chi connectivity index (χ1v) is 20.1. The fourth-order valence-electron chi connectivity index (χ4n) is 3.52. The second-order valence-electron chi connectivity index (χ2n) is 9.78. The Balaban J connectivity index is 5.96. The van der Waals surface area contributed by atoms with Gasteiger partial charge >= 0.3 is 254 Å². The minimum absolute atomic E-state index is 0.645. The van der Waals surface area contributed by atoms with E-state index in [1.54, 1.807) is 24.3 Å². The molecule has 0 aromatic heterocycles. The van der Waals surface area contributed by atoms with Crippen LogP contribution in [-0.2, 0) is 31.5 Å². The number of unbranched alkanes of at least 4 members (excludes halogenated alkanes) is 12. The fraction of sp³-hybridized carbons (Fsp3) is 0.625. The Hall–Kier alpha value is -2.36. The number of carbonyl (C=O) groups excluding carboxylic acids is 4. The first-order chi connectivity index (χ1) is 19.8. The van der Waals surface area contributed by atoms with E-state index >= 15 is 0 Å². The third-order valence-corrected chi connectivity index (χ3v) is 11.0. The van der Waals surface area contributed by atoms with Gasteiger partial charge in [0.25, 0.3) is 0 Å². The summed E-state index contributed by atoms with van der Waals surface area (Å²) in [7, 11) is 0. The molecule has 9 heteroatoms. The summed E-state index contributed by atoms with van der Waals surface area (Å²) in [4.78, 5) is 51.0. The van der Waals surface area contributed by atoms with Crippen molar-refractivity contribution in [1.29, 1.82) is 0 Å². The molecule has 0 aromatic rings. The zero-order chi connectivity index (χ0) is 30.6. The van der Waals surface area contributed by atoms with Crippen molar-refractivity contribution in [2.75, 3.05) is 0 Å². The van der Waals surface area contributed by atoms with Crippen molar-refractivity contribution in [3.8, 4) is 0 Å². The molecule has 0 spiro atoms. The van der Waals surface area contributed by atoms with Crippen LogP contribution in [0.15, 0.2) is 48.6 Å². The van der Waals surface area contributed by atoms with Crippen molar-refractivity contribution in [2.24, 2.45) is 0 Å². The molecule has 232 valence electrons. The Labute approximate surface area is 253 Å². The summed E-state index contributed by atoms with van der Waals surface area (Å²) >= 11 is -5.93.